The van der Waals surface area contributed by atoms with E-state index in [0.717, 1.165) is 32.1 Å². The number of rotatable bonds is 33. The van der Waals surface area contributed by atoms with Gasteiger partial charge in [0, 0.05) is 6.42 Å². The highest BCUT2D eigenvalue weighted by Gasteiger charge is 2.21. The van der Waals surface area contributed by atoms with Crippen molar-refractivity contribution in [1.29, 1.82) is 0 Å². The van der Waals surface area contributed by atoms with Gasteiger partial charge in [0.25, 0.3) is 0 Å². The van der Waals surface area contributed by atoms with Crippen molar-refractivity contribution in [2.45, 2.75) is 207 Å². The van der Waals surface area contributed by atoms with Gasteiger partial charge < -0.3 is 9.47 Å². The van der Waals surface area contributed by atoms with Gasteiger partial charge in [-0.2, -0.15) is 0 Å². The molecule has 4 heteroatoms. The van der Waals surface area contributed by atoms with Crippen LogP contribution in [-0.4, -0.2) is 25.2 Å². The van der Waals surface area contributed by atoms with Crippen LogP contribution in [0.4, 0.5) is 0 Å². The maximum Gasteiger partial charge on any atom is 0.308 e. The molecular formula is C38H74O4. The zero-order valence-corrected chi connectivity index (χ0v) is 29.0. The zero-order chi connectivity index (χ0) is 30.9. The van der Waals surface area contributed by atoms with Gasteiger partial charge in [-0.15, -0.1) is 0 Å². The monoisotopic (exact) mass is 595 g/mol. The second kappa shape index (κ2) is 32.8. The molecule has 2 unspecified atom stereocenters. The summed E-state index contributed by atoms with van der Waals surface area (Å²) in [5.74, 6) is 0.447. The summed E-state index contributed by atoms with van der Waals surface area (Å²) >= 11 is 0. The Labute approximate surface area is 263 Å². The first-order chi connectivity index (χ1) is 20.5. The molecule has 0 saturated carbocycles. The van der Waals surface area contributed by atoms with Gasteiger partial charge in [-0.3, -0.25) is 9.59 Å². The van der Waals surface area contributed by atoms with Crippen LogP contribution in [0.25, 0.3) is 0 Å². The molecule has 0 aliphatic heterocycles. The molecule has 0 radical (unpaired) electrons. The third-order valence-corrected chi connectivity index (χ3v) is 9.02. The van der Waals surface area contributed by atoms with Crippen LogP contribution in [0, 0.1) is 11.8 Å². The molecule has 0 amide bonds. The van der Waals surface area contributed by atoms with E-state index in [2.05, 4.69) is 20.8 Å². The lowest BCUT2D eigenvalue weighted by Crippen LogP contribution is -2.22. The fourth-order valence-corrected chi connectivity index (χ4v) is 5.67. The molecule has 0 aromatic heterocycles. The van der Waals surface area contributed by atoms with Crippen LogP contribution < -0.4 is 0 Å². The van der Waals surface area contributed by atoms with Crippen LogP contribution in [0.2, 0.25) is 0 Å². The number of unbranched alkanes of at least 4 members (excludes halogenated alkanes) is 23. The number of hydrogen-bond acceptors (Lipinski definition) is 4. The number of carbonyl (C=O) groups is 2. The molecule has 0 aliphatic rings. The summed E-state index contributed by atoms with van der Waals surface area (Å²) in [6.07, 6.45) is 34.6. The van der Waals surface area contributed by atoms with Gasteiger partial charge in [-0.1, -0.05) is 175 Å². The quantitative estimate of drug-likeness (QED) is 0.0560. The van der Waals surface area contributed by atoms with E-state index < -0.39 is 0 Å². The first kappa shape index (κ1) is 40.9. The molecule has 0 heterocycles. The van der Waals surface area contributed by atoms with Gasteiger partial charge in [-0.05, 0) is 31.6 Å². The molecule has 0 aromatic carbocycles. The first-order valence-corrected chi connectivity index (χ1v) is 18.8. The minimum absolute atomic E-state index is 0.00338. The molecule has 4 nitrogen and oxygen atoms in total. The summed E-state index contributed by atoms with van der Waals surface area (Å²) in [6, 6.07) is 0. The van der Waals surface area contributed by atoms with E-state index in [1.807, 2.05) is 6.92 Å². The second-order valence-electron chi connectivity index (χ2n) is 13.2. The van der Waals surface area contributed by atoms with Crippen LogP contribution in [0.15, 0.2) is 0 Å². The van der Waals surface area contributed by atoms with Gasteiger partial charge in [-0.25, -0.2) is 0 Å². The molecule has 0 bridgehead atoms. The molecular weight excluding hydrogens is 520 g/mol. The molecule has 250 valence electrons. The molecule has 2 atom stereocenters. The zero-order valence-electron chi connectivity index (χ0n) is 29.0. The van der Waals surface area contributed by atoms with Crippen molar-refractivity contribution in [1.82, 2.24) is 0 Å². The molecule has 0 aromatic rings. The Hall–Kier alpha value is -1.06. The molecule has 0 saturated heterocycles. The summed E-state index contributed by atoms with van der Waals surface area (Å²) in [4.78, 5) is 24.1. The number of hydrogen-bond donors (Lipinski definition) is 0. The molecule has 42 heavy (non-hydrogen) atoms. The van der Waals surface area contributed by atoms with Gasteiger partial charge in [0.05, 0.1) is 19.1 Å². The average molecular weight is 595 g/mol. The number of carbonyl (C=O) groups excluding carboxylic acids is 2. The lowest BCUT2D eigenvalue weighted by atomic mass is 9.90. The Kier molecular flexibility index (Phi) is 32.0. The Morgan fingerprint density at radius 2 is 0.810 bits per heavy atom. The standard InChI is InChI=1S/C38H74O4/c1-5-7-9-11-25-29-33-41-37(39)32-28-24-22-20-18-16-14-13-15-17-19-21-23-27-31-35(3)36(4)38(40)42-34-30-26-12-10-8-6-2/h35-36H,5-34H2,1-4H3. The molecule has 0 spiro atoms. The Balaban J connectivity index is 3.37. The Bertz CT molecular complexity index is 575. The van der Waals surface area contributed by atoms with E-state index in [9.17, 15) is 9.59 Å². The lowest BCUT2D eigenvalue weighted by Gasteiger charge is -2.18. The van der Waals surface area contributed by atoms with Crippen molar-refractivity contribution in [3.05, 3.63) is 0 Å². The van der Waals surface area contributed by atoms with Gasteiger partial charge in [0.2, 0.25) is 0 Å². The minimum atomic E-state index is 0.00338. The minimum Gasteiger partial charge on any atom is -0.466 e. The van der Waals surface area contributed by atoms with E-state index in [-0.39, 0.29) is 17.9 Å². The fraction of sp³-hybridized carbons (Fsp3) is 0.947. The van der Waals surface area contributed by atoms with Crippen molar-refractivity contribution in [2.75, 3.05) is 13.2 Å². The van der Waals surface area contributed by atoms with Crippen LogP contribution in [-0.2, 0) is 19.1 Å². The van der Waals surface area contributed by atoms with Crippen molar-refractivity contribution < 1.29 is 19.1 Å². The third-order valence-electron chi connectivity index (χ3n) is 9.02. The summed E-state index contributed by atoms with van der Waals surface area (Å²) in [5, 5.41) is 0. The number of ether oxygens (including phenoxy) is 2. The first-order valence-electron chi connectivity index (χ1n) is 18.8. The maximum absolute atomic E-state index is 12.3. The van der Waals surface area contributed by atoms with Crippen molar-refractivity contribution in [3.8, 4) is 0 Å². The summed E-state index contributed by atoms with van der Waals surface area (Å²) in [6.45, 7) is 9.94. The molecule has 0 rings (SSSR count). The maximum atomic E-state index is 12.3. The summed E-state index contributed by atoms with van der Waals surface area (Å²) in [7, 11) is 0. The molecule has 0 aliphatic carbocycles. The SMILES string of the molecule is CCCCCCCCOC(=O)CCCCCCCCCCCCCCCCC(C)C(C)C(=O)OCCCCCCCC. The highest BCUT2D eigenvalue weighted by molar-refractivity contribution is 5.72. The van der Waals surface area contributed by atoms with Crippen LogP contribution in [0.5, 0.6) is 0 Å². The Morgan fingerprint density at radius 1 is 0.452 bits per heavy atom. The van der Waals surface area contributed by atoms with E-state index >= 15 is 0 Å². The third kappa shape index (κ3) is 29.0. The van der Waals surface area contributed by atoms with Crippen molar-refractivity contribution in [3.63, 3.8) is 0 Å². The van der Waals surface area contributed by atoms with Crippen LogP contribution >= 0.6 is 0 Å². The lowest BCUT2D eigenvalue weighted by molar-refractivity contribution is -0.150. The average Bonchev–Trinajstić information content (AvgIpc) is 2.99. The van der Waals surface area contributed by atoms with Gasteiger partial charge in [0.15, 0.2) is 0 Å². The van der Waals surface area contributed by atoms with E-state index in [1.54, 1.807) is 0 Å². The summed E-state index contributed by atoms with van der Waals surface area (Å²) < 4.78 is 10.9. The van der Waals surface area contributed by atoms with E-state index in [4.69, 9.17) is 9.47 Å². The Morgan fingerprint density at radius 3 is 1.26 bits per heavy atom. The van der Waals surface area contributed by atoms with Crippen LogP contribution in [0.1, 0.15) is 207 Å². The number of esters is 2. The highest BCUT2D eigenvalue weighted by Crippen LogP contribution is 2.21. The predicted molar refractivity (Wildman–Crippen MR) is 181 cm³/mol. The molecule has 0 fully saturated rings. The topological polar surface area (TPSA) is 52.6 Å². The predicted octanol–water partition coefficient (Wildman–Crippen LogP) is 12.3. The van der Waals surface area contributed by atoms with E-state index in [1.165, 1.54) is 141 Å². The van der Waals surface area contributed by atoms with Gasteiger partial charge >= 0.3 is 11.9 Å². The van der Waals surface area contributed by atoms with Crippen molar-refractivity contribution >= 4 is 11.9 Å². The normalized spacial score (nSPS) is 12.8. The van der Waals surface area contributed by atoms with Gasteiger partial charge in [0.1, 0.15) is 0 Å². The van der Waals surface area contributed by atoms with E-state index in [0.29, 0.717) is 25.6 Å². The van der Waals surface area contributed by atoms with Crippen LogP contribution in [0.3, 0.4) is 0 Å². The van der Waals surface area contributed by atoms with Crippen molar-refractivity contribution in [2.24, 2.45) is 11.8 Å². The highest BCUT2D eigenvalue weighted by atomic mass is 16.5. The molecule has 0 N–H and O–H groups in total. The smallest absolute Gasteiger partial charge is 0.308 e. The fourth-order valence-electron chi connectivity index (χ4n) is 5.67. The second-order valence-corrected chi connectivity index (χ2v) is 13.2. The largest absolute Gasteiger partial charge is 0.466 e. The summed E-state index contributed by atoms with van der Waals surface area (Å²) in [5.41, 5.74) is 0.